The summed E-state index contributed by atoms with van der Waals surface area (Å²) in [5.41, 5.74) is 0. The molecule has 2 heterocycles. The Labute approximate surface area is 62.2 Å². The number of hydrogen-bond acceptors (Lipinski definition) is 2. The molecule has 0 saturated carbocycles. The van der Waals surface area contributed by atoms with Gasteiger partial charge in [0.25, 0.3) is 0 Å². The summed E-state index contributed by atoms with van der Waals surface area (Å²) in [5, 5.41) is 0. The molecule has 10 heavy (non-hydrogen) atoms. The van der Waals surface area contributed by atoms with Crippen molar-refractivity contribution in [2.75, 3.05) is 26.3 Å². The molecular formula is C8H14NO. The third-order valence-corrected chi connectivity index (χ3v) is 2.45. The van der Waals surface area contributed by atoms with Crippen LogP contribution < -0.4 is 0 Å². The zero-order valence-corrected chi connectivity index (χ0v) is 6.25. The Kier molecular flexibility index (Phi) is 1.66. The van der Waals surface area contributed by atoms with E-state index in [0.29, 0.717) is 5.92 Å². The van der Waals surface area contributed by atoms with Crippen molar-refractivity contribution < 1.29 is 4.74 Å². The first-order chi connectivity index (χ1) is 4.86. The van der Waals surface area contributed by atoms with Gasteiger partial charge in [-0.3, -0.25) is 4.90 Å². The van der Waals surface area contributed by atoms with Gasteiger partial charge in [-0.2, -0.15) is 0 Å². The summed E-state index contributed by atoms with van der Waals surface area (Å²) in [4.78, 5) is 2.50. The van der Waals surface area contributed by atoms with E-state index in [1.165, 1.54) is 19.5 Å². The van der Waals surface area contributed by atoms with E-state index >= 15 is 0 Å². The average Bonchev–Trinajstić information content (AvgIpc) is 2.10. The van der Waals surface area contributed by atoms with E-state index in [4.69, 9.17) is 4.74 Å². The molecular weight excluding hydrogens is 126 g/mol. The van der Waals surface area contributed by atoms with Crippen molar-refractivity contribution in [2.45, 2.75) is 12.5 Å². The van der Waals surface area contributed by atoms with Gasteiger partial charge in [0.1, 0.15) is 0 Å². The number of hydrogen-bond donors (Lipinski definition) is 0. The molecule has 0 aromatic carbocycles. The van der Waals surface area contributed by atoms with Crippen molar-refractivity contribution in [2.24, 2.45) is 5.92 Å². The lowest BCUT2D eigenvalue weighted by molar-refractivity contribution is -0.0576. The van der Waals surface area contributed by atoms with Gasteiger partial charge >= 0.3 is 0 Å². The Morgan fingerprint density at radius 2 is 2.20 bits per heavy atom. The summed E-state index contributed by atoms with van der Waals surface area (Å²) in [7, 11) is 0. The highest BCUT2D eigenvalue weighted by molar-refractivity contribution is 4.85. The van der Waals surface area contributed by atoms with Crippen LogP contribution in [0.15, 0.2) is 0 Å². The summed E-state index contributed by atoms with van der Waals surface area (Å²) in [5.74, 6) is 0.667. The summed E-state index contributed by atoms with van der Waals surface area (Å²) in [6.07, 6.45) is 1.27. The molecule has 2 saturated heterocycles. The fraction of sp³-hybridized carbons (Fsp3) is 0.875. The zero-order valence-electron chi connectivity index (χ0n) is 6.25. The smallest absolute Gasteiger partial charge is 0.0645 e. The highest BCUT2D eigenvalue weighted by Crippen LogP contribution is 2.20. The first-order valence-electron chi connectivity index (χ1n) is 4.01. The predicted octanol–water partition coefficient (Wildman–Crippen LogP) is 0.541. The van der Waals surface area contributed by atoms with E-state index in [9.17, 15) is 0 Å². The number of rotatable bonds is 1. The van der Waals surface area contributed by atoms with Crippen molar-refractivity contribution in [3.63, 3.8) is 0 Å². The van der Waals surface area contributed by atoms with Crippen LogP contribution in [0.5, 0.6) is 0 Å². The molecule has 0 aliphatic carbocycles. The molecule has 0 aromatic heterocycles. The van der Waals surface area contributed by atoms with Gasteiger partial charge in [0.15, 0.2) is 0 Å². The van der Waals surface area contributed by atoms with Crippen LogP contribution in [-0.2, 0) is 4.74 Å². The molecule has 2 rings (SSSR count). The Hall–Kier alpha value is -0.0800. The Bertz CT molecular complexity index is 122. The van der Waals surface area contributed by atoms with Crippen molar-refractivity contribution in [1.29, 1.82) is 0 Å². The summed E-state index contributed by atoms with van der Waals surface area (Å²) in [6, 6.07) is 0.728. The summed E-state index contributed by atoms with van der Waals surface area (Å²) < 4.78 is 5.12. The largest absolute Gasteiger partial charge is 0.378 e. The second kappa shape index (κ2) is 2.51. The maximum atomic E-state index is 5.12. The van der Waals surface area contributed by atoms with Gasteiger partial charge < -0.3 is 4.74 Å². The Morgan fingerprint density at radius 3 is 2.60 bits per heavy atom. The van der Waals surface area contributed by atoms with Crippen molar-refractivity contribution in [1.82, 2.24) is 4.90 Å². The molecule has 2 fully saturated rings. The molecule has 0 aromatic rings. The zero-order chi connectivity index (χ0) is 6.97. The van der Waals surface area contributed by atoms with E-state index in [1.807, 2.05) is 0 Å². The molecule has 0 N–H and O–H groups in total. The Balaban J connectivity index is 1.82. The topological polar surface area (TPSA) is 12.5 Å². The van der Waals surface area contributed by atoms with Crippen LogP contribution >= 0.6 is 0 Å². The van der Waals surface area contributed by atoms with Gasteiger partial charge in [-0.15, -0.1) is 0 Å². The standard InChI is InChI=1S/C8H14NO/c1-7-2-3-9(4-7)8-5-10-6-8/h7-8H,1-6H2. The van der Waals surface area contributed by atoms with Gasteiger partial charge in [0.2, 0.25) is 0 Å². The van der Waals surface area contributed by atoms with Crippen molar-refractivity contribution in [3.05, 3.63) is 6.92 Å². The van der Waals surface area contributed by atoms with Crippen LogP contribution in [0.3, 0.4) is 0 Å². The normalized spacial score (nSPS) is 36.3. The molecule has 2 aliphatic heterocycles. The molecule has 1 unspecified atom stereocenters. The molecule has 0 amide bonds. The first-order valence-corrected chi connectivity index (χ1v) is 4.01. The van der Waals surface area contributed by atoms with Gasteiger partial charge in [-0.25, -0.2) is 0 Å². The van der Waals surface area contributed by atoms with E-state index in [2.05, 4.69) is 11.8 Å². The van der Waals surface area contributed by atoms with Gasteiger partial charge in [0, 0.05) is 6.54 Å². The lowest BCUT2D eigenvalue weighted by Crippen LogP contribution is -2.47. The van der Waals surface area contributed by atoms with Gasteiger partial charge in [-0.1, -0.05) is 0 Å². The van der Waals surface area contributed by atoms with Crippen LogP contribution in [0.2, 0.25) is 0 Å². The van der Waals surface area contributed by atoms with E-state index in [1.54, 1.807) is 0 Å². The predicted molar refractivity (Wildman–Crippen MR) is 39.6 cm³/mol. The number of likely N-dealkylation sites (tertiary alicyclic amines) is 1. The van der Waals surface area contributed by atoms with E-state index < -0.39 is 0 Å². The van der Waals surface area contributed by atoms with Gasteiger partial charge in [-0.05, 0) is 25.8 Å². The van der Waals surface area contributed by atoms with Gasteiger partial charge in [0.05, 0.1) is 19.3 Å². The van der Waals surface area contributed by atoms with E-state index in [0.717, 1.165) is 19.3 Å². The summed E-state index contributed by atoms with van der Waals surface area (Å²) >= 11 is 0. The molecule has 0 spiro atoms. The lowest BCUT2D eigenvalue weighted by Gasteiger charge is -2.34. The lowest BCUT2D eigenvalue weighted by atomic mass is 10.2. The molecule has 2 nitrogen and oxygen atoms in total. The monoisotopic (exact) mass is 140 g/mol. The number of nitrogens with zero attached hydrogens (tertiary/aromatic N) is 1. The molecule has 1 radical (unpaired) electrons. The second-order valence-corrected chi connectivity index (χ2v) is 3.34. The van der Waals surface area contributed by atoms with E-state index in [-0.39, 0.29) is 0 Å². The highest BCUT2D eigenvalue weighted by Gasteiger charge is 2.30. The average molecular weight is 140 g/mol. The SMILES string of the molecule is [CH2]C1CCN(C2COC2)C1. The molecule has 0 bridgehead atoms. The van der Waals surface area contributed by atoms with Crippen LogP contribution in [0, 0.1) is 12.8 Å². The molecule has 1 atom stereocenters. The highest BCUT2D eigenvalue weighted by atomic mass is 16.5. The quantitative estimate of drug-likeness (QED) is 0.527. The van der Waals surface area contributed by atoms with Crippen LogP contribution in [-0.4, -0.2) is 37.2 Å². The maximum Gasteiger partial charge on any atom is 0.0645 e. The third-order valence-electron chi connectivity index (χ3n) is 2.45. The maximum absolute atomic E-state index is 5.12. The second-order valence-electron chi connectivity index (χ2n) is 3.34. The fourth-order valence-corrected chi connectivity index (χ4v) is 1.63. The fourth-order valence-electron chi connectivity index (χ4n) is 1.63. The van der Waals surface area contributed by atoms with Crippen LogP contribution in [0.25, 0.3) is 0 Å². The molecule has 57 valence electrons. The number of ether oxygens (including phenoxy) is 1. The summed E-state index contributed by atoms with van der Waals surface area (Å²) in [6.45, 7) is 8.38. The minimum Gasteiger partial charge on any atom is -0.378 e. The van der Waals surface area contributed by atoms with Crippen molar-refractivity contribution >= 4 is 0 Å². The Morgan fingerprint density at radius 1 is 1.40 bits per heavy atom. The van der Waals surface area contributed by atoms with Crippen LogP contribution in [0.4, 0.5) is 0 Å². The minimum absolute atomic E-state index is 0.667. The minimum atomic E-state index is 0.667. The molecule has 2 aliphatic rings. The molecule has 2 heteroatoms. The third kappa shape index (κ3) is 1.06. The van der Waals surface area contributed by atoms with Crippen LogP contribution in [0.1, 0.15) is 6.42 Å². The first kappa shape index (κ1) is 6.62. The van der Waals surface area contributed by atoms with Crippen molar-refractivity contribution in [3.8, 4) is 0 Å².